The maximum absolute atomic E-state index is 12.8. The highest BCUT2D eigenvalue weighted by Gasteiger charge is 2.38. The minimum Gasteiger partial charge on any atom is -0.396 e. The zero-order chi connectivity index (χ0) is 15.0. The van der Waals surface area contributed by atoms with Gasteiger partial charge in [-0.3, -0.25) is 4.79 Å². The molecule has 2 aromatic rings. The molecule has 1 saturated heterocycles. The molecule has 5 nitrogen and oxygen atoms in total. The summed E-state index contributed by atoms with van der Waals surface area (Å²) in [5, 5.41) is 0. The van der Waals surface area contributed by atoms with Gasteiger partial charge in [-0.15, -0.1) is 11.3 Å². The maximum Gasteiger partial charge on any atom is 0.266 e. The van der Waals surface area contributed by atoms with Crippen LogP contribution in [0.15, 0.2) is 12.4 Å². The molecule has 0 radical (unpaired) electrons. The van der Waals surface area contributed by atoms with Gasteiger partial charge in [0.25, 0.3) is 5.91 Å². The van der Waals surface area contributed by atoms with E-state index in [1.54, 1.807) is 12.4 Å². The van der Waals surface area contributed by atoms with E-state index in [-0.39, 0.29) is 11.3 Å². The normalized spacial score (nSPS) is 17.5. The van der Waals surface area contributed by atoms with E-state index in [2.05, 4.69) is 23.8 Å². The van der Waals surface area contributed by atoms with Crippen LogP contribution in [0, 0.1) is 5.41 Å². The van der Waals surface area contributed by atoms with Gasteiger partial charge in [0.15, 0.2) is 0 Å². The molecule has 0 bridgehead atoms. The molecule has 3 heterocycles. The minimum atomic E-state index is 0.0288. The number of aromatic nitrogens is 2. The number of carbonyl (C=O) groups is 1. The van der Waals surface area contributed by atoms with Crippen LogP contribution in [0.2, 0.25) is 0 Å². The van der Waals surface area contributed by atoms with Gasteiger partial charge in [-0.05, 0) is 24.7 Å². The van der Waals surface area contributed by atoms with Crippen molar-refractivity contribution in [3.63, 3.8) is 0 Å². The summed E-state index contributed by atoms with van der Waals surface area (Å²) in [6.07, 6.45) is 6.53. The number of nitrogens with zero attached hydrogens (tertiary/aromatic N) is 3. The summed E-state index contributed by atoms with van der Waals surface area (Å²) in [6.45, 7) is 6.06. The SMILES string of the molecule is CCC1(CC)CCN(C(=O)c2sc3nccnc3c2N)C1. The molecular formula is C15H20N4OS. The van der Waals surface area contributed by atoms with Crippen LogP contribution in [-0.4, -0.2) is 33.9 Å². The number of amides is 1. The van der Waals surface area contributed by atoms with Gasteiger partial charge in [0.2, 0.25) is 0 Å². The first-order chi connectivity index (χ1) is 10.1. The third-order valence-electron chi connectivity index (χ3n) is 4.78. The summed E-state index contributed by atoms with van der Waals surface area (Å²) in [5.41, 5.74) is 7.49. The van der Waals surface area contributed by atoms with Crippen molar-refractivity contribution in [2.45, 2.75) is 33.1 Å². The number of hydrogen-bond acceptors (Lipinski definition) is 5. The van der Waals surface area contributed by atoms with Crippen molar-refractivity contribution in [1.82, 2.24) is 14.9 Å². The van der Waals surface area contributed by atoms with E-state index in [0.29, 0.717) is 16.1 Å². The Morgan fingerprint density at radius 3 is 2.71 bits per heavy atom. The third-order valence-corrected chi connectivity index (χ3v) is 5.87. The number of nitrogen functional groups attached to an aromatic ring is 1. The predicted molar refractivity (Wildman–Crippen MR) is 85.4 cm³/mol. The molecule has 6 heteroatoms. The second-order valence-corrected chi connectivity index (χ2v) is 6.74. The summed E-state index contributed by atoms with van der Waals surface area (Å²) in [4.78, 5) is 24.5. The Hall–Kier alpha value is -1.69. The first-order valence-corrected chi connectivity index (χ1v) is 8.20. The lowest BCUT2D eigenvalue weighted by Gasteiger charge is -2.26. The first kappa shape index (κ1) is 14.3. The smallest absolute Gasteiger partial charge is 0.266 e. The molecule has 1 fully saturated rings. The van der Waals surface area contributed by atoms with E-state index < -0.39 is 0 Å². The van der Waals surface area contributed by atoms with Crippen LogP contribution < -0.4 is 5.73 Å². The molecule has 2 N–H and O–H groups in total. The highest BCUT2D eigenvalue weighted by atomic mass is 32.1. The van der Waals surface area contributed by atoms with Crippen LogP contribution in [0.4, 0.5) is 5.69 Å². The topological polar surface area (TPSA) is 72.1 Å². The number of fused-ring (bicyclic) bond motifs is 1. The van der Waals surface area contributed by atoms with Gasteiger partial charge in [0.05, 0.1) is 5.69 Å². The number of thiophene rings is 1. The highest BCUT2D eigenvalue weighted by molar-refractivity contribution is 7.21. The zero-order valence-corrected chi connectivity index (χ0v) is 13.2. The molecule has 0 saturated carbocycles. The molecule has 0 spiro atoms. The number of likely N-dealkylation sites (tertiary alicyclic amines) is 1. The van der Waals surface area contributed by atoms with Crippen molar-refractivity contribution in [2.75, 3.05) is 18.8 Å². The van der Waals surface area contributed by atoms with Gasteiger partial charge < -0.3 is 10.6 Å². The number of anilines is 1. The molecule has 2 aromatic heterocycles. The van der Waals surface area contributed by atoms with Crippen LogP contribution in [0.3, 0.4) is 0 Å². The summed E-state index contributed by atoms with van der Waals surface area (Å²) < 4.78 is 0. The number of carbonyl (C=O) groups excluding carboxylic acids is 1. The Kier molecular flexibility index (Phi) is 3.57. The zero-order valence-electron chi connectivity index (χ0n) is 12.4. The van der Waals surface area contributed by atoms with Gasteiger partial charge in [-0.2, -0.15) is 0 Å². The lowest BCUT2D eigenvalue weighted by molar-refractivity contribution is 0.0775. The summed E-state index contributed by atoms with van der Waals surface area (Å²) in [7, 11) is 0. The predicted octanol–water partition coefficient (Wildman–Crippen LogP) is 2.93. The minimum absolute atomic E-state index is 0.0288. The highest BCUT2D eigenvalue weighted by Crippen LogP contribution is 2.39. The summed E-state index contributed by atoms with van der Waals surface area (Å²) in [6, 6.07) is 0. The molecule has 1 amide bonds. The standard InChI is InChI=1S/C15H20N4OS/c1-3-15(4-2)5-8-19(9-15)14(20)12-10(16)11-13(21-12)18-7-6-17-11/h6-7H,3-5,8-9,16H2,1-2H3. The van der Waals surface area contributed by atoms with Gasteiger partial charge in [0.1, 0.15) is 15.2 Å². The lowest BCUT2D eigenvalue weighted by Crippen LogP contribution is -2.31. The van der Waals surface area contributed by atoms with Gasteiger partial charge >= 0.3 is 0 Å². The molecular weight excluding hydrogens is 284 g/mol. The van der Waals surface area contributed by atoms with E-state index in [9.17, 15) is 4.79 Å². The van der Waals surface area contributed by atoms with Crippen molar-refractivity contribution >= 4 is 33.3 Å². The average molecular weight is 304 g/mol. The van der Waals surface area contributed by atoms with Gasteiger partial charge in [0, 0.05) is 25.5 Å². The molecule has 0 aliphatic carbocycles. The molecule has 0 atom stereocenters. The summed E-state index contributed by atoms with van der Waals surface area (Å²) in [5.74, 6) is 0.0288. The average Bonchev–Trinajstić information content (AvgIpc) is 3.10. The molecule has 0 aromatic carbocycles. The van der Waals surface area contributed by atoms with E-state index in [1.165, 1.54) is 11.3 Å². The second-order valence-electron chi connectivity index (χ2n) is 5.74. The summed E-state index contributed by atoms with van der Waals surface area (Å²) >= 11 is 1.34. The fourth-order valence-corrected chi connectivity index (χ4v) is 4.07. The van der Waals surface area contributed by atoms with Gasteiger partial charge in [-0.1, -0.05) is 13.8 Å². The van der Waals surface area contributed by atoms with E-state index in [0.717, 1.165) is 37.2 Å². The van der Waals surface area contributed by atoms with Crippen LogP contribution >= 0.6 is 11.3 Å². The quantitative estimate of drug-likeness (QED) is 0.946. The fourth-order valence-electron chi connectivity index (χ4n) is 3.08. The third kappa shape index (κ3) is 2.27. The van der Waals surface area contributed by atoms with Crippen molar-refractivity contribution in [3.8, 4) is 0 Å². The van der Waals surface area contributed by atoms with Crippen molar-refractivity contribution in [1.29, 1.82) is 0 Å². The molecule has 3 rings (SSSR count). The van der Waals surface area contributed by atoms with E-state index in [4.69, 9.17) is 5.73 Å². The number of hydrogen-bond donors (Lipinski definition) is 1. The molecule has 112 valence electrons. The Morgan fingerprint density at radius 1 is 1.38 bits per heavy atom. The second kappa shape index (κ2) is 5.26. The molecule has 1 aliphatic rings. The Balaban J connectivity index is 1.90. The first-order valence-electron chi connectivity index (χ1n) is 7.38. The monoisotopic (exact) mass is 304 g/mol. The largest absolute Gasteiger partial charge is 0.396 e. The lowest BCUT2D eigenvalue weighted by atomic mass is 9.82. The van der Waals surface area contributed by atoms with Crippen LogP contribution in [-0.2, 0) is 0 Å². The maximum atomic E-state index is 12.8. The molecule has 21 heavy (non-hydrogen) atoms. The number of rotatable bonds is 3. The Labute approximate surface area is 128 Å². The van der Waals surface area contributed by atoms with Crippen molar-refractivity contribution in [2.24, 2.45) is 5.41 Å². The van der Waals surface area contributed by atoms with Gasteiger partial charge in [-0.25, -0.2) is 9.97 Å². The van der Waals surface area contributed by atoms with Crippen molar-refractivity contribution < 1.29 is 4.79 Å². The molecule has 1 aliphatic heterocycles. The number of nitrogens with two attached hydrogens (primary N) is 1. The fraction of sp³-hybridized carbons (Fsp3) is 0.533. The van der Waals surface area contributed by atoms with Crippen LogP contribution in [0.25, 0.3) is 10.3 Å². The van der Waals surface area contributed by atoms with E-state index in [1.807, 2.05) is 4.90 Å². The molecule has 0 unspecified atom stereocenters. The Morgan fingerprint density at radius 2 is 2.10 bits per heavy atom. The Bertz CT molecular complexity index is 677. The van der Waals surface area contributed by atoms with Crippen molar-refractivity contribution in [3.05, 3.63) is 17.3 Å². The van der Waals surface area contributed by atoms with E-state index >= 15 is 0 Å². The van der Waals surface area contributed by atoms with Crippen LogP contribution in [0.5, 0.6) is 0 Å². The van der Waals surface area contributed by atoms with Crippen LogP contribution in [0.1, 0.15) is 42.8 Å².